The van der Waals surface area contributed by atoms with Crippen molar-refractivity contribution in [1.29, 1.82) is 0 Å². The summed E-state index contributed by atoms with van der Waals surface area (Å²) in [5.41, 5.74) is 0. The lowest BCUT2D eigenvalue weighted by atomic mass is 10.2. The van der Waals surface area contributed by atoms with Crippen LogP contribution in [0.25, 0.3) is 0 Å². The van der Waals surface area contributed by atoms with Crippen molar-refractivity contribution in [1.82, 2.24) is 14.9 Å². The van der Waals surface area contributed by atoms with Crippen LogP contribution in [-0.2, 0) is 6.42 Å². The minimum atomic E-state index is 0.572. The summed E-state index contributed by atoms with van der Waals surface area (Å²) in [6, 6.07) is 1.37. The Hall–Kier alpha value is -0.830. The van der Waals surface area contributed by atoms with E-state index in [0.717, 1.165) is 19.0 Å². The quantitative estimate of drug-likeness (QED) is 0.774. The van der Waals surface area contributed by atoms with Gasteiger partial charge in [0.05, 0.1) is 0 Å². The highest BCUT2D eigenvalue weighted by molar-refractivity contribution is 4.95. The molecule has 0 radical (unpaired) electrons. The van der Waals surface area contributed by atoms with Crippen LogP contribution in [0.4, 0.5) is 0 Å². The highest BCUT2D eigenvalue weighted by atomic mass is 15.1. The molecule has 0 bridgehead atoms. The van der Waals surface area contributed by atoms with Crippen LogP contribution >= 0.6 is 0 Å². The van der Waals surface area contributed by atoms with Gasteiger partial charge in [0.25, 0.3) is 0 Å². The number of imidazole rings is 1. The maximum Gasteiger partial charge on any atom is 0.108 e. The topological polar surface area (TPSA) is 29.9 Å². The monoisotopic (exact) mass is 207 g/mol. The molecule has 0 aliphatic heterocycles. The van der Waals surface area contributed by atoms with Gasteiger partial charge in [-0.05, 0) is 19.3 Å². The summed E-state index contributed by atoms with van der Waals surface area (Å²) in [5.74, 6) is 1.21. The zero-order valence-electron chi connectivity index (χ0n) is 9.74. The van der Waals surface area contributed by atoms with E-state index in [9.17, 15) is 0 Å². The number of nitrogens with zero attached hydrogens (tertiary/aromatic N) is 2. The van der Waals surface area contributed by atoms with E-state index in [4.69, 9.17) is 0 Å². The Kier molecular flexibility index (Phi) is 3.41. The normalized spacial score (nSPS) is 18.0. The van der Waals surface area contributed by atoms with Crippen LogP contribution in [0.2, 0.25) is 0 Å². The lowest BCUT2D eigenvalue weighted by Crippen LogP contribution is -2.27. The van der Waals surface area contributed by atoms with E-state index in [0.29, 0.717) is 6.04 Å². The van der Waals surface area contributed by atoms with E-state index >= 15 is 0 Å². The Morgan fingerprint density at radius 1 is 1.53 bits per heavy atom. The van der Waals surface area contributed by atoms with Crippen LogP contribution < -0.4 is 5.32 Å². The lowest BCUT2D eigenvalue weighted by molar-refractivity contribution is 0.434. The number of nitrogens with one attached hydrogen (secondary N) is 1. The molecule has 1 aliphatic rings. The molecule has 84 valence electrons. The second-order valence-electron chi connectivity index (χ2n) is 4.35. The molecule has 3 nitrogen and oxygen atoms in total. The molecule has 3 heteroatoms. The highest BCUT2D eigenvalue weighted by Crippen LogP contribution is 2.20. The van der Waals surface area contributed by atoms with Crippen molar-refractivity contribution < 1.29 is 0 Å². The average Bonchev–Trinajstić information content (AvgIpc) is 2.96. The fraction of sp³-hybridized carbons (Fsp3) is 0.750. The van der Waals surface area contributed by atoms with Crippen LogP contribution in [0.15, 0.2) is 12.4 Å². The Morgan fingerprint density at radius 3 is 2.93 bits per heavy atom. The number of hydrogen-bond donors (Lipinski definition) is 1. The Balaban J connectivity index is 1.97. The summed E-state index contributed by atoms with van der Waals surface area (Å²) in [5, 5.41) is 3.60. The van der Waals surface area contributed by atoms with Crippen LogP contribution in [0, 0.1) is 0 Å². The van der Waals surface area contributed by atoms with E-state index in [-0.39, 0.29) is 0 Å². The maximum atomic E-state index is 4.38. The van der Waals surface area contributed by atoms with E-state index in [1.807, 2.05) is 6.20 Å². The van der Waals surface area contributed by atoms with E-state index in [1.54, 1.807) is 0 Å². The Labute approximate surface area is 91.9 Å². The van der Waals surface area contributed by atoms with Gasteiger partial charge in [-0.1, -0.05) is 13.8 Å². The maximum absolute atomic E-state index is 4.38. The average molecular weight is 207 g/mol. The molecule has 0 aromatic carbocycles. The molecule has 1 N–H and O–H groups in total. The van der Waals surface area contributed by atoms with Gasteiger partial charge in [0, 0.05) is 37.4 Å². The smallest absolute Gasteiger partial charge is 0.108 e. The molecule has 1 aromatic heterocycles. The minimum Gasteiger partial charge on any atom is -0.331 e. The molecular formula is C12H21N3. The van der Waals surface area contributed by atoms with Gasteiger partial charge >= 0.3 is 0 Å². The fourth-order valence-electron chi connectivity index (χ4n) is 1.98. The number of hydrogen-bond acceptors (Lipinski definition) is 2. The standard InChI is InChI=1S/C12H21N3/c1-3-11(9-14-10-5-6-10)15-8-7-13-12(15)4-2/h7-8,10-11,14H,3-6,9H2,1-2H3. The third kappa shape index (κ3) is 2.59. The van der Waals surface area contributed by atoms with Crippen molar-refractivity contribution in [2.45, 2.75) is 51.6 Å². The Bertz CT molecular complexity index is 302. The summed E-state index contributed by atoms with van der Waals surface area (Å²) in [6.07, 6.45) is 8.94. The first-order chi connectivity index (χ1) is 7.35. The molecule has 1 aliphatic carbocycles. The zero-order valence-corrected chi connectivity index (χ0v) is 9.74. The van der Waals surface area contributed by atoms with Crippen molar-refractivity contribution in [2.75, 3.05) is 6.54 Å². The Morgan fingerprint density at radius 2 is 2.33 bits per heavy atom. The van der Waals surface area contributed by atoms with Gasteiger partial charge in [-0.2, -0.15) is 0 Å². The largest absolute Gasteiger partial charge is 0.331 e. The SMILES string of the molecule is CCc1nccn1C(CC)CNC1CC1. The van der Waals surface area contributed by atoms with Crippen molar-refractivity contribution in [3.05, 3.63) is 18.2 Å². The molecular weight excluding hydrogens is 186 g/mol. The molecule has 2 rings (SSSR count). The molecule has 1 unspecified atom stereocenters. The van der Waals surface area contributed by atoms with Gasteiger partial charge in [0.2, 0.25) is 0 Å². The third-order valence-corrected chi connectivity index (χ3v) is 3.15. The first-order valence-corrected chi connectivity index (χ1v) is 6.10. The third-order valence-electron chi connectivity index (χ3n) is 3.15. The molecule has 1 heterocycles. The van der Waals surface area contributed by atoms with Crippen molar-refractivity contribution in [3.8, 4) is 0 Å². The zero-order chi connectivity index (χ0) is 10.7. The van der Waals surface area contributed by atoms with Gasteiger partial charge in [-0.3, -0.25) is 0 Å². The molecule has 0 saturated heterocycles. The summed E-state index contributed by atoms with van der Waals surface area (Å²) >= 11 is 0. The predicted octanol–water partition coefficient (Wildman–Crippen LogP) is 2.15. The number of rotatable bonds is 6. The summed E-state index contributed by atoms with van der Waals surface area (Å²) in [6.45, 7) is 5.50. The molecule has 15 heavy (non-hydrogen) atoms. The van der Waals surface area contributed by atoms with Crippen molar-refractivity contribution in [2.24, 2.45) is 0 Å². The second-order valence-corrected chi connectivity index (χ2v) is 4.35. The number of aryl methyl sites for hydroxylation is 1. The number of aromatic nitrogens is 2. The fourth-order valence-corrected chi connectivity index (χ4v) is 1.98. The van der Waals surface area contributed by atoms with Gasteiger partial charge in [-0.25, -0.2) is 4.98 Å². The van der Waals surface area contributed by atoms with Crippen LogP contribution in [0.5, 0.6) is 0 Å². The predicted molar refractivity (Wildman–Crippen MR) is 62.0 cm³/mol. The summed E-state index contributed by atoms with van der Waals surface area (Å²) < 4.78 is 2.33. The molecule has 1 atom stereocenters. The van der Waals surface area contributed by atoms with Crippen LogP contribution in [0.1, 0.15) is 45.0 Å². The molecule has 0 amide bonds. The summed E-state index contributed by atoms with van der Waals surface area (Å²) in [4.78, 5) is 4.38. The first kappa shape index (κ1) is 10.7. The molecule has 0 spiro atoms. The van der Waals surface area contributed by atoms with Gasteiger partial charge in [-0.15, -0.1) is 0 Å². The van der Waals surface area contributed by atoms with Crippen LogP contribution in [0.3, 0.4) is 0 Å². The second kappa shape index (κ2) is 4.79. The molecule has 1 aromatic rings. The van der Waals surface area contributed by atoms with Gasteiger partial charge in [0.15, 0.2) is 0 Å². The van der Waals surface area contributed by atoms with Gasteiger partial charge < -0.3 is 9.88 Å². The highest BCUT2D eigenvalue weighted by Gasteiger charge is 2.22. The lowest BCUT2D eigenvalue weighted by Gasteiger charge is -2.19. The minimum absolute atomic E-state index is 0.572. The van der Waals surface area contributed by atoms with Crippen molar-refractivity contribution in [3.63, 3.8) is 0 Å². The first-order valence-electron chi connectivity index (χ1n) is 6.10. The van der Waals surface area contributed by atoms with Crippen LogP contribution in [-0.4, -0.2) is 22.1 Å². The molecule has 1 fully saturated rings. The van der Waals surface area contributed by atoms with Crippen molar-refractivity contribution >= 4 is 0 Å². The van der Waals surface area contributed by atoms with E-state index in [1.165, 1.54) is 25.1 Å². The molecule has 1 saturated carbocycles. The van der Waals surface area contributed by atoms with E-state index in [2.05, 4.69) is 34.9 Å². The van der Waals surface area contributed by atoms with E-state index < -0.39 is 0 Å². The van der Waals surface area contributed by atoms with Gasteiger partial charge in [0.1, 0.15) is 5.82 Å². The summed E-state index contributed by atoms with van der Waals surface area (Å²) in [7, 11) is 0.